The molecular formula is C15H20FN3O. The number of hydrogen-bond donors (Lipinski definition) is 1. The Morgan fingerprint density at radius 3 is 2.85 bits per heavy atom. The SMILES string of the molecule is CCCn1cc(C(NC)c2ccc(OC)cc2F)cn1. The fourth-order valence-electron chi connectivity index (χ4n) is 2.25. The monoisotopic (exact) mass is 277 g/mol. The lowest BCUT2D eigenvalue weighted by Gasteiger charge is -2.16. The average molecular weight is 277 g/mol. The third kappa shape index (κ3) is 2.99. The topological polar surface area (TPSA) is 39.1 Å². The highest BCUT2D eigenvalue weighted by Gasteiger charge is 2.18. The third-order valence-corrected chi connectivity index (χ3v) is 3.25. The number of rotatable bonds is 6. The summed E-state index contributed by atoms with van der Waals surface area (Å²) in [4.78, 5) is 0. The number of nitrogens with one attached hydrogen (secondary N) is 1. The molecule has 0 saturated heterocycles. The predicted molar refractivity (Wildman–Crippen MR) is 76.4 cm³/mol. The Balaban J connectivity index is 2.31. The number of benzene rings is 1. The van der Waals surface area contributed by atoms with Crippen LogP contribution < -0.4 is 10.1 Å². The first-order valence-corrected chi connectivity index (χ1v) is 6.72. The van der Waals surface area contributed by atoms with E-state index in [9.17, 15) is 4.39 Å². The first-order chi connectivity index (χ1) is 9.69. The van der Waals surface area contributed by atoms with Gasteiger partial charge in [-0.05, 0) is 19.5 Å². The molecule has 20 heavy (non-hydrogen) atoms. The van der Waals surface area contributed by atoms with Gasteiger partial charge >= 0.3 is 0 Å². The number of methoxy groups -OCH3 is 1. The van der Waals surface area contributed by atoms with Crippen molar-refractivity contribution in [3.63, 3.8) is 0 Å². The van der Waals surface area contributed by atoms with E-state index in [-0.39, 0.29) is 11.9 Å². The Hall–Kier alpha value is -1.88. The number of nitrogens with zero attached hydrogens (tertiary/aromatic N) is 2. The highest BCUT2D eigenvalue weighted by atomic mass is 19.1. The number of ether oxygens (including phenoxy) is 1. The second-order valence-corrected chi connectivity index (χ2v) is 4.65. The van der Waals surface area contributed by atoms with Crippen LogP contribution in [0.1, 0.15) is 30.5 Å². The summed E-state index contributed by atoms with van der Waals surface area (Å²) in [7, 11) is 3.34. The number of hydrogen-bond acceptors (Lipinski definition) is 3. The van der Waals surface area contributed by atoms with Crippen LogP contribution in [0.3, 0.4) is 0 Å². The minimum Gasteiger partial charge on any atom is -0.497 e. The van der Waals surface area contributed by atoms with Crippen molar-refractivity contribution in [3.05, 3.63) is 47.5 Å². The number of aromatic nitrogens is 2. The zero-order valence-electron chi connectivity index (χ0n) is 12.1. The van der Waals surface area contributed by atoms with Gasteiger partial charge in [-0.3, -0.25) is 4.68 Å². The Labute approximate surface area is 118 Å². The van der Waals surface area contributed by atoms with Gasteiger partial charge in [-0.25, -0.2) is 4.39 Å². The van der Waals surface area contributed by atoms with E-state index in [2.05, 4.69) is 17.3 Å². The molecule has 108 valence electrons. The maximum absolute atomic E-state index is 14.2. The van der Waals surface area contributed by atoms with Crippen LogP contribution in [0.15, 0.2) is 30.6 Å². The van der Waals surface area contributed by atoms with Crippen molar-refractivity contribution in [3.8, 4) is 5.75 Å². The van der Waals surface area contributed by atoms with Crippen LogP contribution in [-0.2, 0) is 6.54 Å². The molecule has 1 atom stereocenters. The van der Waals surface area contributed by atoms with Gasteiger partial charge in [-0.1, -0.05) is 13.0 Å². The zero-order valence-corrected chi connectivity index (χ0v) is 12.1. The molecular weight excluding hydrogens is 257 g/mol. The molecule has 4 nitrogen and oxygen atoms in total. The molecule has 2 aromatic rings. The zero-order chi connectivity index (χ0) is 14.5. The fraction of sp³-hybridized carbons (Fsp3) is 0.400. The van der Waals surface area contributed by atoms with Crippen molar-refractivity contribution in [2.75, 3.05) is 14.2 Å². The van der Waals surface area contributed by atoms with Crippen LogP contribution in [0.5, 0.6) is 5.75 Å². The molecule has 0 amide bonds. The highest BCUT2D eigenvalue weighted by molar-refractivity contribution is 5.35. The molecule has 1 aromatic heterocycles. The standard InChI is InChI=1S/C15H20FN3O/c1-4-7-19-10-11(9-18-19)15(17-2)13-6-5-12(20-3)8-14(13)16/h5-6,8-10,15,17H,4,7H2,1-3H3. The van der Waals surface area contributed by atoms with Gasteiger partial charge < -0.3 is 10.1 Å². The van der Waals surface area contributed by atoms with Crippen LogP contribution in [0.25, 0.3) is 0 Å². The second kappa shape index (κ2) is 6.52. The van der Waals surface area contributed by atoms with E-state index < -0.39 is 0 Å². The lowest BCUT2D eigenvalue weighted by atomic mass is 10.0. The van der Waals surface area contributed by atoms with E-state index in [1.165, 1.54) is 13.2 Å². The van der Waals surface area contributed by atoms with Gasteiger partial charge in [0.2, 0.25) is 0 Å². The van der Waals surface area contributed by atoms with Crippen LogP contribution in [0.2, 0.25) is 0 Å². The normalized spacial score (nSPS) is 12.4. The van der Waals surface area contributed by atoms with Gasteiger partial charge in [-0.2, -0.15) is 5.10 Å². The molecule has 0 aliphatic heterocycles. The molecule has 0 radical (unpaired) electrons. The maximum atomic E-state index is 14.2. The highest BCUT2D eigenvalue weighted by Crippen LogP contribution is 2.26. The number of halogens is 1. The Morgan fingerprint density at radius 2 is 2.25 bits per heavy atom. The van der Waals surface area contributed by atoms with Crippen molar-refractivity contribution in [2.45, 2.75) is 25.9 Å². The van der Waals surface area contributed by atoms with Crippen molar-refractivity contribution in [1.82, 2.24) is 15.1 Å². The van der Waals surface area contributed by atoms with Crippen molar-refractivity contribution < 1.29 is 9.13 Å². The minimum absolute atomic E-state index is 0.216. The van der Waals surface area contributed by atoms with Gasteiger partial charge in [0.05, 0.1) is 19.3 Å². The summed E-state index contributed by atoms with van der Waals surface area (Å²) < 4.78 is 21.1. The summed E-state index contributed by atoms with van der Waals surface area (Å²) in [5, 5.41) is 7.43. The van der Waals surface area contributed by atoms with Crippen molar-refractivity contribution in [2.24, 2.45) is 0 Å². The fourth-order valence-corrected chi connectivity index (χ4v) is 2.25. The molecule has 0 spiro atoms. The van der Waals surface area contributed by atoms with Crippen molar-refractivity contribution >= 4 is 0 Å². The predicted octanol–water partition coefficient (Wildman–Crippen LogP) is 2.75. The van der Waals surface area contributed by atoms with Crippen LogP contribution in [-0.4, -0.2) is 23.9 Å². The third-order valence-electron chi connectivity index (χ3n) is 3.25. The molecule has 0 aliphatic rings. The summed E-state index contributed by atoms with van der Waals surface area (Å²) in [5.74, 6) is 0.231. The van der Waals surface area contributed by atoms with Crippen molar-refractivity contribution in [1.29, 1.82) is 0 Å². The molecule has 1 unspecified atom stereocenters. The van der Waals surface area contributed by atoms with Gasteiger partial charge in [0.15, 0.2) is 0 Å². The molecule has 1 heterocycles. The largest absolute Gasteiger partial charge is 0.497 e. The Bertz CT molecular complexity index is 568. The van der Waals surface area contributed by atoms with E-state index in [0.717, 1.165) is 18.5 Å². The van der Waals surface area contributed by atoms with E-state index in [1.54, 1.807) is 18.3 Å². The van der Waals surface area contributed by atoms with E-state index in [0.29, 0.717) is 11.3 Å². The van der Waals surface area contributed by atoms with Gasteiger partial charge in [0.1, 0.15) is 11.6 Å². The Morgan fingerprint density at radius 1 is 1.45 bits per heavy atom. The maximum Gasteiger partial charge on any atom is 0.132 e. The molecule has 0 aliphatic carbocycles. The summed E-state index contributed by atoms with van der Waals surface area (Å²) >= 11 is 0. The Kier molecular flexibility index (Phi) is 4.74. The second-order valence-electron chi connectivity index (χ2n) is 4.65. The first kappa shape index (κ1) is 14.5. The smallest absolute Gasteiger partial charge is 0.132 e. The van der Waals surface area contributed by atoms with Crippen LogP contribution in [0, 0.1) is 5.82 Å². The molecule has 5 heteroatoms. The molecule has 0 saturated carbocycles. The summed E-state index contributed by atoms with van der Waals surface area (Å²) in [6.45, 7) is 2.96. The van der Waals surface area contributed by atoms with E-state index in [4.69, 9.17) is 4.74 Å². The van der Waals surface area contributed by atoms with Gasteiger partial charge in [-0.15, -0.1) is 0 Å². The van der Waals surface area contributed by atoms with E-state index in [1.807, 2.05) is 17.9 Å². The van der Waals surface area contributed by atoms with Crippen LogP contribution >= 0.6 is 0 Å². The quantitative estimate of drug-likeness (QED) is 0.882. The summed E-state index contributed by atoms with van der Waals surface area (Å²) in [6.07, 6.45) is 4.75. The summed E-state index contributed by atoms with van der Waals surface area (Å²) in [6, 6.07) is 4.69. The molecule has 1 aromatic carbocycles. The van der Waals surface area contributed by atoms with E-state index >= 15 is 0 Å². The number of aryl methyl sites for hydroxylation is 1. The van der Waals surface area contributed by atoms with Gasteiger partial charge in [0, 0.05) is 29.9 Å². The lowest BCUT2D eigenvalue weighted by Crippen LogP contribution is -2.18. The van der Waals surface area contributed by atoms with Crippen LogP contribution in [0.4, 0.5) is 4.39 Å². The molecule has 0 bridgehead atoms. The molecule has 0 fully saturated rings. The average Bonchev–Trinajstić information content (AvgIpc) is 2.90. The minimum atomic E-state index is -0.285. The molecule has 2 rings (SSSR count). The molecule has 1 N–H and O–H groups in total. The lowest BCUT2D eigenvalue weighted by molar-refractivity contribution is 0.410. The summed E-state index contributed by atoms with van der Waals surface area (Å²) in [5.41, 5.74) is 1.54. The van der Waals surface area contributed by atoms with Gasteiger partial charge in [0.25, 0.3) is 0 Å². The first-order valence-electron chi connectivity index (χ1n) is 6.72.